The van der Waals surface area contributed by atoms with Gasteiger partial charge >= 0.3 is 0 Å². The van der Waals surface area contributed by atoms with Gasteiger partial charge in [-0.2, -0.15) is 0 Å². The van der Waals surface area contributed by atoms with E-state index >= 15 is 0 Å². The number of anilines is 3. The third-order valence-electron chi connectivity index (χ3n) is 11.4. The molecule has 0 bridgehead atoms. The van der Waals surface area contributed by atoms with Gasteiger partial charge in [-0.3, -0.25) is 0 Å². The summed E-state index contributed by atoms with van der Waals surface area (Å²) in [4.78, 5) is 12.7. The maximum Gasteiger partial charge on any atom is 0.160 e. The number of hydrogen-bond acceptors (Lipinski definition) is 4. The fourth-order valence-corrected chi connectivity index (χ4v) is 9.83. The fourth-order valence-electron chi connectivity index (χ4n) is 8.65. The minimum absolute atomic E-state index is 0.0879. The van der Waals surface area contributed by atoms with Crippen molar-refractivity contribution >= 4 is 70.2 Å². The SMILES string of the molecule is CC1(C)c2ccccc2-c2ccc(N(c3ccccc3)c3ccc(-c4nc(-c5ccc6c(c5)sc5cc7ccccc7cc56)c5ccccc5n4)cc3)cc21. The largest absolute Gasteiger partial charge is 0.310 e. The van der Waals surface area contributed by atoms with E-state index in [2.05, 4.69) is 195 Å². The number of hydrogen-bond donors (Lipinski definition) is 0. The van der Waals surface area contributed by atoms with E-state index in [1.54, 1.807) is 0 Å². The summed E-state index contributed by atoms with van der Waals surface area (Å²) in [6.07, 6.45) is 0. The molecule has 2 aromatic heterocycles. The molecule has 55 heavy (non-hydrogen) atoms. The van der Waals surface area contributed by atoms with Crippen LogP contribution in [0.3, 0.4) is 0 Å². The number of benzene rings is 8. The lowest BCUT2D eigenvalue weighted by molar-refractivity contribution is 0.660. The van der Waals surface area contributed by atoms with Crippen molar-refractivity contribution in [3.63, 3.8) is 0 Å². The lowest BCUT2D eigenvalue weighted by Gasteiger charge is -2.28. The third kappa shape index (κ3) is 5.10. The molecule has 0 unspecified atom stereocenters. The molecule has 0 saturated carbocycles. The Morgan fingerprint density at radius 2 is 1.11 bits per heavy atom. The highest BCUT2D eigenvalue weighted by molar-refractivity contribution is 7.25. The maximum atomic E-state index is 5.29. The fraction of sp³-hybridized carbons (Fsp3) is 0.0588. The summed E-state index contributed by atoms with van der Waals surface area (Å²) in [5, 5.41) is 6.17. The van der Waals surface area contributed by atoms with Crippen LogP contribution in [0.15, 0.2) is 176 Å². The second-order valence-electron chi connectivity index (χ2n) is 15.0. The summed E-state index contributed by atoms with van der Waals surface area (Å²) in [6, 6.07) is 63.5. The number of nitrogens with zero attached hydrogens (tertiary/aromatic N) is 3. The second-order valence-corrected chi connectivity index (χ2v) is 16.1. The zero-order valence-corrected chi connectivity index (χ0v) is 31.3. The highest BCUT2D eigenvalue weighted by Crippen LogP contribution is 2.50. The molecule has 11 rings (SSSR count). The van der Waals surface area contributed by atoms with Crippen LogP contribution >= 0.6 is 11.3 Å². The zero-order valence-electron chi connectivity index (χ0n) is 30.5. The van der Waals surface area contributed by atoms with Gasteiger partial charge < -0.3 is 4.90 Å². The number of fused-ring (bicyclic) bond motifs is 8. The molecule has 0 fully saturated rings. The molecule has 260 valence electrons. The number of para-hydroxylation sites is 2. The van der Waals surface area contributed by atoms with Crippen molar-refractivity contribution in [3.8, 4) is 33.8 Å². The quantitative estimate of drug-likeness (QED) is 0.177. The summed E-state index contributed by atoms with van der Waals surface area (Å²) < 4.78 is 2.56. The second kappa shape index (κ2) is 12.2. The van der Waals surface area contributed by atoms with Gasteiger partial charge in [0.1, 0.15) is 0 Å². The van der Waals surface area contributed by atoms with Crippen LogP contribution < -0.4 is 4.90 Å². The standard InChI is InChI=1S/C51H35N3S/c1-51(2)44-18-10-8-16-39(44)40-27-25-38(31-45(40)51)54(36-14-4-3-5-15-36)37-23-20-32(21-24-37)50-52-46-19-11-9-17-42(46)49(53-50)35-22-26-41-43-28-33-12-6-7-13-34(33)29-48(43)55-47(41)30-35/h3-31H,1-2H3. The van der Waals surface area contributed by atoms with Crippen LogP contribution in [0, 0.1) is 0 Å². The average Bonchev–Trinajstić information content (AvgIpc) is 3.70. The van der Waals surface area contributed by atoms with E-state index in [9.17, 15) is 0 Å². The smallest absolute Gasteiger partial charge is 0.160 e. The zero-order chi connectivity index (χ0) is 36.7. The van der Waals surface area contributed by atoms with Crippen molar-refractivity contribution in [1.29, 1.82) is 0 Å². The monoisotopic (exact) mass is 721 g/mol. The van der Waals surface area contributed by atoms with Crippen LogP contribution in [0.25, 0.3) is 75.6 Å². The predicted molar refractivity (Wildman–Crippen MR) is 233 cm³/mol. The number of aromatic nitrogens is 2. The van der Waals surface area contributed by atoms with E-state index < -0.39 is 0 Å². The Morgan fingerprint density at radius 1 is 0.455 bits per heavy atom. The van der Waals surface area contributed by atoms with Crippen molar-refractivity contribution in [3.05, 3.63) is 187 Å². The molecule has 0 radical (unpaired) electrons. The van der Waals surface area contributed by atoms with Crippen LogP contribution in [-0.2, 0) is 5.41 Å². The number of rotatable bonds is 5. The highest BCUT2D eigenvalue weighted by atomic mass is 32.1. The van der Waals surface area contributed by atoms with Crippen LogP contribution in [0.2, 0.25) is 0 Å². The number of thiophene rings is 1. The lowest BCUT2D eigenvalue weighted by Crippen LogP contribution is -2.16. The Hall–Kier alpha value is -6.62. The van der Waals surface area contributed by atoms with E-state index in [0.29, 0.717) is 5.82 Å². The van der Waals surface area contributed by atoms with E-state index in [1.807, 2.05) is 11.3 Å². The first kappa shape index (κ1) is 31.9. The summed E-state index contributed by atoms with van der Waals surface area (Å²) in [7, 11) is 0. The Kier molecular flexibility index (Phi) is 7.07. The summed E-state index contributed by atoms with van der Waals surface area (Å²) in [5.41, 5.74) is 12.6. The molecule has 0 saturated heterocycles. The molecule has 8 aromatic carbocycles. The van der Waals surface area contributed by atoms with Crippen molar-refractivity contribution in [2.75, 3.05) is 4.90 Å². The maximum absolute atomic E-state index is 5.29. The molecule has 0 amide bonds. The average molecular weight is 722 g/mol. The molecule has 0 spiro atoms. The third-order valence-corrected chi connectivity index (χ3v) is 12.6. The van der Waals surface area contributed by atoms with Gasteiger partial charge in [0, 0.05) is 59.2 Å². The Balaban J connectivity index is 0.999. The van der Waals surface area contributed by atoms with E-state index in [4.69, 9.17) is 9.97 Å². The molecule has 4 heteroatoms. The van der Waals surface area contributed by atoms with Crippen molar-refractivity contribution in [2.24, 2.45) is 0 Å². The molecular formula is C51H35N3S. The summed E-state index contributed by atoms with van der Waals surface area (Å²) >= 11 is 1.85. The topological polar surface area (TPSA) is 29.0 Å². The minimum atomic E-state index is -0.0879. The summed E-state index contributed by atoms with van der Waals surface area (Å²) in [5.74, 6) is 0.714. The van der Waals surface area contributed by atoms with Gasteiger partial charge in [0.15, 0.2) is 5.82 Å². The molecule has 2 heterocycles. The van der Waals surface area contributed by atoms with Gasteiger partial charge in [0.2, 0.25) is 0 Å². The lowest BCUT2D eigenvalue weighted by atomic mass is 9.82. The van der Waals surface area contributed by atoms with Gasteiger partial charge in [-0.05, 0) is 106 Å². The van der Waals surface area contributed by atoms with Crippen LogP contribution in [-0.4, -0.2) is 9.97 Å². The molecule has 1 aliphatic rings. The molecule has 0 atom stereocenters. The summed E-state index contributed by atoms with van der Waals surface area (Å²) in [6.45, 7) is 4.67. The first-order valence-corrected chi connectivity index (χ1v) is 19.6. The van der Waals surface area contributed by atoms with E-state index in [-0.39, 0.29) is 5.41 Å². The first-order chi connectivity index (χ1) is 27.0. The van der Waals surface area contributed by atoms with Crippen molar-refractivity contribution in [1.82, 2.24) is 9.97 Å². The van der Waals surface area contributed by atoms with E-state index in [0.717, 1.165) is 44.8 Å². The molecular weight excluding hydrogens is 687 g/mol. The van der Waals surface area contributed by atoms with E-state index in [1.165, 1.54) is 53.2 Å². The molecule has 1 aliphatic carbocycles. The van der Waals surface area contributed by atoms with Gasteiger partial charge in [-0.25, -0.2) is 9.97 Å². The molecule has 0 N–H and O–H groups in total. The molecule has 3 nitrogen and oxygen atoms in total. The van der Waals surface area contributed by atoms with Crippen LogP contribution in [0.5, 0.6) is 0 Å². The Bertz CT molecular complexity index is 3120. The van der Waals surface area contributed by atoms with Gasteiger partial charge in [0.05, 0.1) is 11.2 Å². The highest BCUT2D eigenvalue weighted by Gasteiger charge is 2.35. The molecule has 0 aliphatic heterocycles. The van der Waals surface area contributed by atoms with Crippen molar-refractivity contribution < 1.29 is 0 Å². The Labute approximate surface area is 323 Å². The van der Waals surface area contributed by atoms with Crippen LogP contribution in [0.4, 0.5) is 17.1 Å². The van der Waals surface area contributed by atoms with Crippen LogP contribution in [0.1, 0.15) is 25.0 Å². The molecule has 10 aromatic rings. The van der Waals surface area contributed by atoms with Crippen molar-refractivity contribution in [2.45, 2.75) is 19.3 Å². The first-order valence-electron chi connectivity index (χ1n) is 18.8. The predicted octanol–water partition coefficient (Wildman–Crippen LogP) is 14.3. The minimum Gasteiger partial charge on any atom is -0.310 e. The van der Waals surface area contributed by atoms with Gasteiger partial charge in [-0.15, -0.1) is 11.3 Å². The van der Waals surface area contributed by atoms with Gasteiger partial charge in [0.25, 0.3) is 0 Å². The Morgan fingerprint density at radius 3 is 1.96 bits per heavy atom. The van der Waals surface area contributed by atoms with Gasteiger partial charge in [-0.1, -0.05) is 117 Å². The normalized spacial score (nSPS) is 13.1.